The first-order valence-corrected chi connectivity index (χ1v) is 14.8. The molecule has 1 saturated heterocycles. The van der Waals surface area contributed by atoms with E-state index in [1.165, 1.54) is 11.1 Å². The Hall–Kier alpha value is -1.49. The van der Waals surface area contributed by atoms with Gasteiger partial charge in [-0.05, 0) is 6.92 Å². The molecular formula is C21H27BiO5. The zero-order valence-corrected chi connectivity index (χ0v) is 19.5. The fourth-order valence-electron chi connectivity index (χ4n) is 2.45. The Bertz CT molecular complexity index is 729. The summed E-state index contributed by atoms with van der Waals surface area (Å²) < 4.78 is 22.1. The van der Waals surface area contributed by atoms with Gasteiger partial charge in [-0.15, -0.1) is 0 Å². The van der Waals surface area contributed by atoms with Crippen LogP contribution in [0.1, 0.15) is 26.3 Å². The van der Waals surface area contributed by atoms with Gasteiger partial charge in [0.1, 0.15) is 12.7 Å². The van der Waals surface area contributed by atoms with Crippen molar-refractivity contribution in [1.29, 1.82) is 0 Å². The van der Waals surface area contributed by atoms with Crippen LogP contribution in [0.3, 0.4) is 0 Å². The van der Waals surface area contributed by atoms with E-state index >= 15 is 0 Å². The number of aromatic hydroxyl groups is 1. The number of hydrogen-bond donors (Lipinski definition) is 2. The monoisotopic (exact) mass is 568 g/mol. The fraction of sp³-hybridized carbons (Fsp3) is 0.381. The number of phenolic OH excluding ortho intramolecular Hbond substituents is 1. The van der Waals surface area contributed by atoms with Crippen molar-refractivity contribution in [3.05, 3.63) is 63.5 Å². The van der Waals surface area contributed by atoms with Crippen LogP contribution in [0.25, 0.3) is 0 Å². The minimum atomic E-state index is -2.19. The van der Waals surface area contributed by atoms with Crippen LogP contribution >= 0.6 is 0 Å². The number of carbonyl (C=O) groups excluding carboxylic acids is 1. The number of phenols is 1. The Morgan fingerprint density at radius 2 is 2.00 bits per heavy atom. The average molecular weight is 568 g/mol. The average Bonchev–Trinajstić information content (AvgIpc) is 3.45. The van der Waals surface area contributed by atoms with E-state index in [1.54, 1.807) is 19.1 Å². The molecule has 1 aromatic carbocycles. The van der Waals surface area contributed by atoms with Gasteiger partial charge in [0.2, 0.25) is 0 Å². The first kappa shape index (κ1) is 21.8. The van der Waals surface area contributed by atoms with Crippen molar-refractivity contribution in [3.63, 3.8) is 0 Å². The molecule has 1 aromatic rings. The van der Waals surface area contributed by atoms with Crippen molar-refractivity contribution in [2.45, 2.75) is 36.4 Å². The summed E-state index contributed by atoms with van der Waals surface area (Å²) in [6.07, 6.45) is 4.39. The molecule has 0 spiro atoms. The summed E-state index contributed by atoms with van der Waals surface area (Å²) in [6.45, 7) is 10.5. The second kappa shape index (κ2) is 9.63. The SMILES string of the molecule is C=C(C)C(=O)OCC1CO1.CC(C)(C1=C[CH2][Bi]([OH])[CH]=C1)c1ccc(O)cc1. The van der Waals surface area contributed by atoms with E-state index in [2.05, 4.69) is 32.6 Å². The molecule has 0 radical (unpaired) electrons. The fourth-order valence-corrected chi connectivity index (χ4v) is 5.71. The Morgan fingerprint density at radius 3 is 2.48 bits per heavy atom. The summed E-state index contributed by atoms with van der Waals surface area (Å²) >= 11 is -2.19. The molecule has 0 bridgehead atoms. The molecule has 1 unspecified atom stereocenters. The van der Waals surface area contributed by atoms with Crippen molar-refractivity contribution < 1.29 is 22.6 Å². The van der Waals surface area contributed by atoms with Gasteiger partial charge in [-0.2, -0.15) is 0 Å². The van der Waals surface area contributed by atoms with Gasteiger partial charge in [-0.25, -0.2) is 4.79 Å². The Kier molecular flexibility index (Phi) is 7.78. The van der Waals surface area contributed by atoms with E-state index in [0.29, 0.717) is 24.5 Å². The third-order valence-electron chi connectivity index (χ3n) is 4.39. The predicted octanol–water partition coefficient (Wildman–Crippen LogP) is 3.19. The van der Waals surface area contributed by atoms with Gasteiger partial charge in [0.05, 0.1) is 6.61 Å². The Morgan fingerprint density at radius 1 is 1.37 bits per heavy atom. The maximum absolute atomic E-state index is 10.7. The van der Waals surface area contributed by atoms with Gasteiger partial charge in [-0.3, -0.25) is 0 Å². The summed E-state index contributed by atoms with van der Waals surface area (Å²) in [4.78, 5) is 10.7. The molecule has 3 rings (SSSR count). The Labute approximate surface area is 169 Å². The normalized spacial score (nSPS) is 18.8. The van der Waals surface area contributed by atoms with Gasteiger partial charge < -0.3 is 9.47 Å². The molecule has 1 atom stereocenters. The van der Waals surface area contributed by atoms with E-state index in [9.17, 15) is 13.1 Å². The number of allylic oxidation sites excluding steroid dienone is 3. The number of rotatable bonds is 5. The number of carbonyl (C=O) groups is 1. The molecule has 6 heteroatoms. The van der Waals surface area contributed by atoms with E-state index in [4.69, 9.17) is 9.47 Å². The zero-order valence-electron chi connectivity index (χ0n) is 16.0. The van der Waals surface area contributed by atoms with Crippen LogP contribution in [0, 0.1) is 0 Å². The second-order valence-corrected chi connectivity index (χ2v) is 13.1. The van der Waals surface area contributed by atoms with Gasteiger partial charge in [-0.1, -0.05) is 6.58 Å². The number of ether oxygens (including phenoxy) is 2. The van der Waals surface area contributed by atoms with Crippen molar-refractivity contribution in [3.8, 4) is 5.75 Å². The first-order chi connectivity index (χ1) is 12.7. The molecule has 0 aliphatic carbocycles. The molecule has 2 aliphatic heterocycles. The molecule has 2 heterocycles. The van der Waals surface area contributed by atoms with Crippen LogP contribution in [-0.2, 0) is 19.7 Å². The van der Waals surface area contributed by atoms with Crippen molar-refractivity contribution in [2.75, 3.05) is 13.2 Å². The van der Waals surface area contributed by atoms with Crippen LogP contribution in [0.4, 0.5) is 0 Å². The molecule has 5 nitrogen and oxygen atoms in total. The molecule has 0 aromatic heterocycles. The van der Waals surface area contributed by atoms with E-state index in [-0.39, 0.29) is 17.5 Å². The van der Waals surface area contributed by atoms with E-state index < -0.39 is 22.2 Å². The van der Waals surface area contributed by atoms with Crippen LogP contribution in [0.5, 0.6) is 5.75 Å². The minimum absolute atomic E-state index is 0.0742. The number of hydrogen-bond acceptors (Lipinski definition) is 5. The molecule has 146 valence electrons. The van der Waals surface area contributed by atoms with E-state index in [1.807, 2.05) is 15.9 Å². The van der Waals surface area contributed by atoms with Crippen LogP contribution < -0.4 is 0 Å². The number of benzene rings is 1. The van der Waals surface area contributed by atoms with Gasteiger partial charge in [0.25, 0.3) is 0 Å². The van der Waals surface area contributed by atoms with Gasteiger partial charge in [0, 0.05) is 5.57 Å². The Balaban J connectivity index is 0.000000223. The third-order valence-corrected chi connectivity index (χ3v) is 8.47. The third kappa shape index (κ3) is 6.87. The number of esters is 1. The summed E-state index contributed by atoms with van der Waals surface area (Å²) in [5.74, 6) is -0.0421. The molecular weight excluding hydrogens is 541 g/mol. The second-order valence-electron chi connectivity index (χ2n) is 7.10. The topological polar surface area (TPSA) is 79.3 Å². The quantitative estimate of drug-likeness (QED) is 0.247. The van der Waals surface area contributed by atoms with Crippen LogP contribution in [0.15, 0.2) is 57.9 Å². The summed E-state index contributed by atoms with van der Waals surface area (Å²) in [6, 6.07) is 7.35. The van der Waals surface area contributed by atoms with Crippen molar-refractivity contribution in [2.24, 2.45) is 0 Å². The molecule has 27 heavy (non-hydrogen) atoms. The molecule has 2 N–H and O–H groups in total. The van der Waals surface area contributed by atoms with E-state index in [0.717, 1.165) is 4.13 Å². The standard InChI is InChI=1S/C14H16O.C7H10O3.Bi.H2O/c1-5-11(6-2)14(3,4)12-7-9-13(15)10-8-12;1-5(2)7(8)10-4-6-3-9-6;;/h1,5-10,15H,2H2,3-4H3;6H,1,3-4H2,2H3;;1H2/q;;+1;/p-1. The molecule has 1 fully saturated rings. The summed E-state index contributed by atoms with van der Waals surface area (Å²) in [7, 11) is 0. The predicted molar refractivity (Wildman–Crippen MR) is 107 cm³/mol. The molecule has 0 amide bonds. The van der Waals surface area contributed by atoms with Gasteiger partial charge in [0.15, 0.2) is 0 Å². The summed E-state index contributed by atoms with van der Waals surface area (Å²) in [5, 5.41) is 9.31. The van der Waals surface area contributed by atoms with Gasteiger partial charge >= 0.3 is 117 Å². The van der Waals surface area contributed by atoms with Crippen LogP contribution in [-0.4, -0.2) is 55.8 Å². The first-order valence-electron chi connectivity index (χ1n) is 8.78. The van der Waals surface area contributed by atoms with Crippen molar-refractivity contribution in [1.82, 2.24) is 0 Å². The zero-order chi connectivity index (χ0) is 20.0. The maximum atomic E-state index is 10.7. The summed E-state index contributed by atoms with van der Waals surface area (Å²) in [5.41, 5.74) is 2.79. The number of epoxide rings is 1. The van der Waals surface area contributed by atoms with Crippen molar-refractivity contribution >= 4 is 28.2 Å². The van der Waals surface area contributed by atoms with Crippen LogP contribution in [0.2, 0.25) is 4.13 Å². The molecule has 2 aliphatic rings. The molecule has 0 saturated carbocycles.